The van der Waals surface area contributed by atoms with Gasteiger partial charge in [0.15, 0.2) is 0 Å². The highest BCUT2D eigenvalue weighted by atomic mass is 16.5. The molecule has 0 saturated heterocycles. The van der Waals surface area contributed by atoms with Crippen molar-refractivity contribution in [2.24, 2.45) is 0 Å². The van der Waals surface area contributed by atoms with Crippen molar-refractivity contribution in [3.8, 4) is 0 Å². The highest BCUT2D eigenvalue weighted by Crippen LogP contribution is 2.13. The van der Waals surface area contributed by atoms with E-state index in [1.165, 1.54) is 20.0 Å². The number of nitrogens with one attached hydrogen (secondary N) is 1. The lowest BCUT2D eigenvalue weighted by molar-refractivity contribution is -0.148. The van der Waals surface area contributed by atoms with Crippen LogP contribution in [0.3, 0.4) is 0 Å². The molecule has 0 aliphatic heterocycles. The summed E-state index contributed by atoms with van der Waals surface area (Å²) in [4.78, 5) is 14.4. The molecular formula is C15H32N2O2. The van der Waals surface area contributed by atoms with Crippen LogP contribution >= 0.6 is 0 Å². The molecule has 0 aromatic carbocycles. The van der Waals surface area contributed by atoms with Crippen LogP contribution < -0.4 is 5.32 Å². The number of nitrogens with zero attached hydrogens (tertiary/aromatic N) is 1. The van der Waals surface area contributed by atoms with Crippen LogP contribution in [0.1, 0.15) is 53.4 Å². The van der Waals surface area contributed by atoms with Gasteiger partial charge in [-0.2, -0.15) is 0 Å². The second-order valence-electron chi connectivity index (χ2n) is 5.29. The van der Waals surface area contributed by atoms with E-state index in [1.54, 1.807) is 0 Å². The molecule has 0 bridgehead atoms. The minimum absolute atomic E-state index is 0.160. The largest absolute Gasteiger partial charge is 0.468 e. The molecule has 1 unspecified atom stereocenters. The van der Waals surface area contributed by atoms with E-state index in [4.69, 9.17) is 4.74 Å². The van der Waals surface area contributed by atoms with E-state index >= 15 is 0 Å². The van der Waals surface area contributed by atoms with Crippen molar-refractivity contribution in [1.29, 1.82) is 0 Å². The molecule has 114 valence electrons. The Hall–Kier alpha value is -0.610. The smallest absolute Gasteiger partial charge is 0.325 e. The van der Waals surface area contributed by atoms with Gasteiger partial charge in [-0.15, -0.1) is 0 Å². The maximum absolute atomic E-state index is 12.0. The second-order valence-corrected chi connectivity index (χ2v) is 5.29. The van der Waals surface area contributed by atoms with Crippen molar-refractivity contribution in [3.05, 3.63) is 0 Å². The average Bonchev–Trinajstić information content (AvgIpc) is 2.44. The number of hydrogen-bond donors (Lipinski definition) is 1. The van der Waals surface area contributed by atoms with Crippen LogP contribution in [0, 0.1) is 0 Å². The van der Waals surface area contributed by atoms with Gasteiger partial charge in [-0.05, 0) is 45.8 Å². The molecule has 0 spiro atoms. The Bertz CT molecular complexity index is 246. The van der Waals surface area contributed by atoms with Crippen molar-refractivity contribution < 1.29 is 9.53 Å². The van der Waals surface area contributed by atoms with Crippen LogP contribution in [0.15, 0.2) is 0 Å². The molecule has 4 nitrogen and oxygen atoms in total. The number of carbonyl (C=O) groups is 1. The molecule has 0 radical (unpaired) electrons. The molecule has 0 aromatic rings. The predicted octanol–water partition coefficient (Wildman–Crippen LogP) is 2.43. The zero-order chi connectivity index (χ0) is 14.7. The van der Waals surface area contributed by atoms with Gasteiger partial charge in [0.2, 0.25) is 0 Å². The Morgan fingerprint density at radius 2 is 1.89 bits per heavy atom. The first kappa shape index (κ1) is 18.4. The van der Waals surface area contributed by atoms with Gasteiger partial charge in [0, 0.05) is 6.54 Å². The maximum Gasteiger partial charge on any atom is 0.325 e. The number of rotatable bonds is 11. The van der Waals surface area contributed by atoms with Gasteiger partial charge < -0.3 is 15.0 Å². The summed E-state index contributed by atoms with van der Waals surface area (Å²) in [6.45, 7) is 12.3. The monoisotopic (exact) mass is 272 g/mol. The zero-order valence-corrected chi connectivity index (χ0v) is 13.4. The van der Waals surface area contributed by atoms with Crippen LogP contribution in [0.2, 0.25) is 0 Å². The third-order valence-electron chi connectivity index (χ3n) is 3.60. The van der Waals surface area contributed by atoms with Crippen LogP contribution in [-0.4, -0.2) is 49.7 Å². The minimum Gasteiger partial charge on any atom is -0.468 e. The average molecular weight is 272 g/mol. The molecule has 0 aromatic heterocycles. The molecule has 4 heteroatoms. The summed E-state index contributed by atoms with van der Waals surface area (Å²) in [6, 6.07) is 0. The molecule has 19 heavy (non-hydrogen) atoms. The zero-order valence-electron chi connectivity index (χ0n) is 13.4. The highest BCUT2D eigenvalue weighted by Gasteiger charge is 2.33. The molecule has 0 aliphatic rings. The standard InChI is InChI=1S/C15H32N2O2/c1-6-9-12-17(8-3)13-10-15(4,14(18)19-5)16-11-7-2/h16H,6-13H2,1-5H3. The van der Waals surface area contributed by atoms with Gasteiger partial charge in [0.25, 0.3) is 0 Å². The molecule has 0 rings (SSSR count). The fourth-order valence-electron chi connectivity index (χ4n) is 2.08. The SMILES string of the molecule is CCCCN(CC)CCC(C)(NCCC)C(=O)OC. The Morgan fingerprint density at radius 3 is 2.37 bits per heavy atom. The third kappa shape index (κ3) is 6.92. The number of unbranched alkanes of at least 4 members (excludes halogenated alkanes) is 1. The first-order valence-corrected chi connectivity index (χ1v) is 7.59. The Kier molecular flexibility index (Phi) is 9.88. The Balaban J connectivity index is 4.41. The van der Waals surface area contributed by atoms with Crippen LogP contribution in [0.25, 0.3) is 0 Å². The van der Waals surface area contributed by atoms with Crippen molar-refractivity contribution in [3.63, 3.8) is 0 Å². The van der Waals surface area contributed by atoms with Crippen molar-refractivity contribution in [2.75, 3.05) is 33.3 Å². The number of methoxy groups -OCH3 is 1. The van der Waals surface area contributed by atoms with E-state index in [-0.39, 0.29) is 5.97 Å². The van der Waals surface area contributed by atoms with Crippen LogP contribution in [0.4, 0.5) is 0 Å². The first-order valence-electron chi connectivity index (χ1n) is 7.59. The van der Waals surface area contributed by atoms with Crippen molar-refractivity contribution in [2.45, 2.75) is 58.9 Å². The van der Waals surface area contributed by atoms with E-state index in [1.807, 2.05) is 6.92 Å². The molecule has 0 amide bonds. The fraction of sp³-hybridized carbons (Fsp3) is 0.933. The fourth-order valence-corrected chi connectivity index (χ4v) is 2.08. The molecule has 0 fully saturated rings. The summed E-state index contributed by atoms with van der Waals surface area (Å²) in [5.74, 6) is -0.160. The molecule has 0 saturated carbocycles. The Labute approximate surface area is 118 Å². The van der Waals surface area contributed by atoms with Gasteiger partial charge in [-0.25, -0.2) is 0 Å². The number of ether oxygens (including phenoxy) is 1. The van der Waals surface area contributed by atoms with Gasteiger partial charge in [-0.1, -0.05) is 27.2 Å². The third-order valence-corrected chi connectivity index (χ3v) is 3.60. The van der Waals surface area contributed by atoms with E-state index in [0.717, 1.165) is 39.0 Å². The number of esters is 1. The lowest BCUT2D eigenvalue weighted by atomic mass is 9.97. The summed E-state index contributed by atoms with van der Waals surface area (Å²) >= 11 is 0. The summed E-state index contributed by atoms with van der Waals surface area (Å²) in [6.07, 6.45) is 4.22. The molecular weight excluding hydrogens is 240 g/mol. The van der Waals surface area contributed by atoms with Gasteiger partial charge in [-0.3, -0.25) is 4.79 Å². The van der Waals surface area contributed by atoms with E-state index in [2.05, 4.69) is 31.0 Å². The van der Waals surface area contributed by atoms with Crippen LogP contribution in [0.5, 0.6) is 0 Å². The topological polar surface area (TPSA) is 41.6 Å². The highest BCUT2D eigenvalue weighted by molar-refractivity contribution is 5.80. The summed E-state index contributed by atoms with van der Waals surface area (Å²) in [7, 11) is 1.46. The molecule has 1 N–H and O–H groups in total. The van der Waals surface area contributed by atoms with Crippen molar-refractivity contribution >= 4 is 5.97 Å². The van der Waals surface area contributed by atoms with Crippen LogP contribution in [-0.2, 0) is 9.53 Å². The first-order chi connectivity index (χ1) is 9.03. The normalized spacial score (nSPS) is 14.4. The molecule has 1 atom stereocenters. The lowest BCUT2D eigenvalue weighted by Crippen LogP contribution is -2.52. The second kappa shape index (κ2) is 10.2. The molecule has 0 aliphatic carbocycles. The number of carbonyl (C=O) groups excluding carboxylic acids is 1. The van der Waals surface area contributed by atoms with Gasteiger partial charge in [0.1, 0.15) is 5.54 Å². The minimum atomic E-state index is -0.565. The van der Waals surface area contributed by atoms with Gasteiger partial charge >= 0.3 is 5.97 Å². The number of hydrogen-bond acceptors (Lipinski definition) is 4. The van der Waals surface area contributed by atoms with E-state index < -0.39 is 5.54 Å². The maximum atomic E-state index is 12.0. The van der Waals surface area contributed by atoms with Crippen molar-refractivity contribution in [1.82, 2.24) is 10.2 Å². The lowest BCUT2D eigenvalue weighted by Gasteiger charge is -2.31. The summed E-state index contributed by atoms with van der Waals surface area (Å²) < 4.78 is 4.94. The predicted molar refractivity (Wildman–Crippen MR) is 80.4 cm³/mol. The van der Waals surface area contributed by atoms with E-state index in [9.17, 15) is 4.79 Å². The summed E-state index contributed by atoms with van der Waals surface area (Å²) in [5.41, 5.74) is -0.565. The van der Waals surface area contributed by atoms with E-state index in [0.29, 0.717) is 0 Å². The molecule has 0 heterocycles. The Morgan fingerprint density at radius 1 is 1.21 bits per heavy atom. The quantitative estimate of drug-likeness (QED) is 0.587. The summed E-state index contributed by atoms with van der Waals surface area (Å²) in [5, 5.41) is 3.33. The van der Waals surface area contributed by atoms with Gasteiger partial charge in [0.05, 0.1) is 7.11 Å².